The van der Waals surface area contributed by atoms with Crippen molar-refractivity contribution in [3.63, 3.8) is 0 Å². The highest BCUT2D eigenvalue weighted by Gasteiger charge is 2.28. The zero-order chi connectivity index (χ0) is 15.7. The maximum atomic E-state index is 11.7. The molecule has 1 aliphatic rings. The molecular formula is C20H20OS. The number of hydrogen-bond donors (Lipinski definition) is 0. The molecule has 2 heteroatoms. The molecule has 0 spiro atoms. The van der Waals surface area contributed by atoms with Crippen molar-refractivity contribution in [1.29, 1.82) is 0 Å². The summed E-state index contributed by atoms with van der Waals surface area (Å²) in [5, 5.41) is 0. The zero-order valence-electron chi connectivity index (χ0n) is 13.2. The number of hydrogen-bond acceptors (Lipinski definition) is 2. The van der Waals surface area contributed by atoms with Gasteiger partial charge in [0.15, 0.2) is 5.78 Å². The van der Waals surface area contributed by atoms with E-state index < -0.39 is 0 Å². The lowest BCUT2D eigenvalue weighted by molar-refractivity contribution is 0.101. The minimum Gasteiger partial charge on any atom is -0.295 e. The van der Waals surface area contributed by atoms with Crippen LogP contribution in [0.3, 0.4) is 0 Å². The van der Waals surface area contributed by atoms with Crippen LogP contribution in [0, 0.1) is 0 Å². The maximum Gasteiger partial charge on any atom is 0.159 e. The summed E-state index contributed by atoms with van der Waals surface area (Å²) in [6, 6.07) is 16.5. The van der Waals surface area contributed by atoms with Crippen LogP contribution in [0.2, 0.25) is 0 Å². The van der Waals surface area contributed by atoms with Gasteiger partial charge in [-0.3, -0.25) is 4.79 Å². The second kappa shape index (κ2) is 5.77. The summed E-state index contributed by atoms with van der Waals surface area (Å²) >= 11 is 1.78. The highest BCUT2D eigenvalue weighted by molar-refractivity contribution is 8.08. The molecule has 22 heavy (non-hydrogen) atoms. The molecule has 0 heterocycles. The summed E-state index contributed by atoms with van der Waals surface area (Å²) in [4.78, 5) is 14.2. The van der Waals surface area contributed by atoms with Gasteiger partial charge in [0.1, 0.15) is 0 Å². The predicted molar refractivity (Wildman–Crippen MR) is 94.4 cm³/mol. The summed E-state index contributed by atoms with van der Waals surface area (Å²) in [6.07, 6.45) is 3.33. The van der Waals surface area contributed by atoms with Crippen LogP contribution in [-0.4, -0.2) is 5.78 Å². The Bertz CT molecular complexity index is 742. The van der Waals surface area contributed by atoms with Crippen molar-refractivity contribution in [1.82, 2.24) is 0 Å². The molecule has 112 valence electrons. The molecule has 0 amide bonds. The number of Topliss-reactive ketones (excluding diaryl/α,β-unsaturated/α-hetero) is 1. The average Bonchev–Trinajstić information content (AvgIpc) is 2.51. The van der Waals surface area contributed by atoms with E-state index in [1.165, 1.54) is 20.9 Å². The van der Waals surface area contributed by atoms with Gasteiger partial charge in [-0.15, -0.1) is 0 Å². The third kappa shape index (κ3) is 2.89. The molecule has 0 bridgehead atoms. The fourth-order valence-electron chi connectivity index (χ4n) is 2.84. The molecule has 0 radical (unpaired) electrons. The van der Waals surface area contributed by atoms with Crippen LogP contribution in [-0.2, 0) is 5.41 Å². The topological polar surface area (TPSA) is 17.1 Å². The summed E-state index contributed by atoms with van der Waals surface area (Å²) in [7, 11) is 0. The molecule has 0 saturated heterocycles. The Morgan fingerprint density at radius 1 is 1.09 bits per heavy atom. The molecule has 0 unspecified atom stereocenters. The molecular weight excluding hydrogens is 288 g/mol. The summed E-state index contributed by atoms with van der Waals surface area (Å²) in [6.45, 7) is 6.16. The molecule has 0 aliphatic heterocycles. The number of benzene rings is 2. The normalized spacial score (nSPS) is 15.9. The summed E-state index contributed by atoms with van der Waals surface area (Å²) in [5.74, 6) is 0.121. The van der Waals surface area contributed by atoms with Crippen LogP contribution < -0.4 is 0 Å². The molecule has 0 aromatic heterocycles. The van der Waals surface area contributed by atoms with Gasteiger partial charge in [-0.1, -0.05) is 62.0 Å². The highest BCUT2D eigenvalue weighted by Crippen LogP contribution is 2.45. The van der Waals surface area contributed by atoms with E-state index in [1.807, 2.05) is 12.1 Å². The van der Waals surface area contributed by atoms with Gasteiger partial charge in [-0.05, 0) is 48.1 Å². The third-order valence-corrected chi connectivity index (χ3v) is 5.30. The largest absolute Gasteiger partial charge is 0.295 e. The average molecular weight is 308 g/mol. The Hall–Kier alpha value is -1.80. The Morgan fingerprint density at radius 3 is 2.50 bits per heavy atom. The SMILES string of the molecule is CC(=O)c1ccc2c(c1)C(Sc1ccccc1)=CCC2(C)C. The van der Waals surface area contributed by atoms with E-state index in [0.717, 1.165) is 12.0 Å². The van der Waals surface area contributed by atoms with Crippen LogP contribution in [0.25, 0.3) is 4.91 Å². The Kier molecular flexibility index (Phi) is 3.96. The first-order valence-corrected chi connectivity index (χ1v) is 8.38. The molecule has 0 atom stereocenters. The van der Waals surface area contributed by atoms with Crippen molar-refractivity contribution < 1.29 is 4.79 Å². The lowest BCUT2D eigenvalue weighted by atomic mass is 9.75. The van der Waals surface area contributed by atoms with E-state index in [-0.39, 0.29) is 11.2 Å². The number of fused-ring (bicyclic) bond motifs is 1. The second-order valence-corrected chi connectivity index (χ2v) is 7.50. The number of ketones is 1. The lowest BCUT2D eigenvalue weighted by Crippen LogP contribution is -2.21. The van der Waals surface area contributed by atoms with Gasteiger partial charge in [0.2, 0.25) is 0 Å². The van der Waals surface area contributed by atoms with Gasteiger partial charge in [0.05, 0.1) is 0 Å². The number of rotatable bonds is 3. The maximum absolute atomic E-state index is 11.7. The Labute approximate surface area is 136 Å². The monoisotopic (exact) mass is 308 g/mol. The first-order valence-electron chi connectivity index (χ1n) is 7.56. The van der Waals surface area contributed by atoms with Crippen LogP contribution in [0.1, 0.15) is 48.7 Å². The van der Waals surface area contributed by atoms with Crippen LogP contribution in [0.5, 0.6) is 0 Å². The lowest BCUT2D eigenvalue weighted by Gasteiger charge is -2.32. The predicted octanol–water partition coefficient (Wildman–Crippen LogP) is 5.70. The van der Waals surface area contributed by atoms with Crippen molar-refractivity contribution in [2.75, 3.05) is 0 Å². The van der Waals surface area contributed by atoms with E-state index in [2.05, 4.69) is 56.3 Å². The fraction of sp³-hybridized carbons (Fsp3) is 0.250. The van der Waals surface area contributed by atoms with E-state index in [4.69, 9.17) is 0 Å². The van der Waals surface area contributed by atoms with E-state index in [0.29, 0.717) is 0 Å². The van der Waals surface area contributed by atoms with Gasteiger partial charge in [0.25, 0.3) is 0 Å². The first kappa shape index (κ1) is 15.1. The highest BCUT2D eigenvalue weighted by atomic mass is 32.2. The molecule has 3 rings (SSSR count). The first-order chi connectivity index (χ1) is 10.5. The van der Waals surface area contributed by atoms with Crippen molar-refractivity contribution >= 4 is 22.5 Å². The van der Waals surface area contributed by atoms with Crippen molar-refractivity contribution in [2.24, 2.45) is 0 Å². The van der Waals surface area contributed by atoms with E-state index >= 15 is 0 Å². The fourth-order valence-corrected chi connectivity index (χ4v) is 3.83. The Morgan fingerprint density at radius 2 is 1.82 bits per heavy atom. The van der Waals surface area contributed by atoms with E-state index in [9.17, 15) is 4.79 Å². The van der Waals surface area contributed by atoms with Gasteiger partial charge < -0.3 is 0 Å². The number of allylic oxidation sites excluding steroid dienone is 1. The standard InChI is InChI=1S/C20H20OS/c1-14(21)15-9-10-18-17(13-15)19(11-12-20(18,2)3)22-16-7-5-4-6-8-16/h4-11,13H,12H2,1-3H3. The molecule has 2 aromatic rings. The summed E-state index contributed by atoms with van der Waals surface area (Å²) < 4.78 is 0. The van der Waals surface area contributed by atoms with Crippen LogP contribution in [0.15, 0.2) is 59.5 Å². The van der Waals surface area contributed by atoms with Crippen molar-refractivity contribution in [2.45, 2.75) is 37.5 Å². The molecule has 2 aromatic carbocycles. The van der Waals surface area contributed by atoms with Gasteiger partial charge in [-0.25, -0.2) is 0 Å². The smallest absolute Gasteiger partial charge is 0.159 e. The number of carbonyl (C=O) groups is 1. The molecule has 0 N–H and O–H groups in total. The summed E-state index contributed by atoms with van der Waals surface area (Å²) in [5.41, 5.74) is 3.44. The second-order valence-electron chi connectivity index (χ2n) is 6.39. The molecule has 0 fully saturated rings. The van der Waals surface area contributed by atoms with Crippen LogP contribution >= 0.6 is 11.8 Å². The molecule has 1 nitrogen and oxygen atoms in total. The van der Waals surface area contributed by atoms with Crippen molar-refractivity contribution in [3.8, 4) is 0 Å². The van der Waals surface area contributed by atoms with Crippen LogP contribution in [0.4, 0.5) is 0 Å². The Balaban J connectivity index is 2.05. The van der Waals surface area contributed by atoms with Gasteiger partial charge in [0, 0.05) is 15.4 Å². The number of thioether (sulfide) groups is 1. The van der Waals surface area contributed by atoms with Crippen molar-refractivity contribution in [3.05, 3.63) is 71.3 Å². The number of carbonyl (C=O) groups excluding carboxylic acids is 1. The molecule has 0 saturated carbocycles. The molecule has 1 aliphatic carbocycles. The van der Waals surface area contributed by atoms with Gasteiger partial charge in [-0.2, -0.15) is 0 Å². The van der Waals surface area contributed by atoms with Gasteiger partial charge >= 0.3 is 0 Å². The quantitative estimate of drug-likeness (QED) is 0.676. The third-order valence-electron chi connectivity index (χ3n) is 4.19. The zero-order valence-corrected chi connectivity index (χ0v) is 14.0. The minimum absolute atomic E-state index is 0.116. The minimum atomic E-state index is 0.116. The van der Waals surface area contributed by atoms with E-state index in [1.54, 1.807) is 18.7 Å².